The Balaban J connectivity index is 4.58. The van der Waals surface area contributed by atoms with Crippen LogP contribution in [0.3, 0.4) is 0 Å². The van der Waals surface area contributed by atoms with Gasteiger partial charge < -0.3 is 20.3 Å². The van der Waals surface area contributed by atoms with Crippen LogP contribution in [0, 0.1) is 0 Å². The fourth-order valence-electron chi connectivity index (χ4n) is 8.84. The van der Waals surface area contributed by atoms with Gasteiger partial charge in [-0.15, -0.1) is 0 Å². The lowest BCUT2D eigenvalue weighted by atomic mass is 10.0. The van der Waals surface area contributed by atoms with Gasteiger partial charge in [-0.2, -0.15) is 0 Å². The lowest BCUT2D eigenvalue weighted by molar-refractivity contribution is -0.151. The summed E-state index contributed by atoms with van der Waals surface area (Å²) < 4.78 is 5.93. The Bertz CT molecular complexity index is 1070. The van der Waals surface area contributed by atoms with Crippen molar-refractivity contribution < 1.29 is 24.5 Å². The molecule has 3 unspecified atom stereocenters. The Hall–Kier alpha value is -1.92. The van der Waals surface area contributed by atoms with Gasteiger partial charge in [0, 0.05) is 6.42 Å². The quantitative estimate of drug-likeness (QED) is 0.0244. The van der Waals surface area contributed by atoms with Gasteiger partial charge >= 0.3 is 5.97 Å². The van der Waals surface area contributed by atoms with Gasteiger partial charge in [0.2, 0.25) is 5.91 Å². The summed E-state index contributed by atoms with van der Waals surface area (Å²) >= 11 is 0. The van der Waals surface area contributed by atoms with Gasteiger partial charge in [0.15, 0.2) is 0 Å². The summed E-state index contributed by atoms with van der Waals surface area (Å²) in [5.74, 6) is -0.518. The summed E-state index contributed by atoms with van der Waals surface area (Å²) in [4.78, 5) is 26.2. The fourth-order valence-corrected chi connectivity index (χ4v) is 8.84. The summed E-state index contributed by atoms with van der Waals surface area (Å²) in [6.07, 6.45) is 63.6. The molecule has 65 heavy (non-hydrogen) atoms. The van der Waals surface area contributed by atoms with Crippen LogP contribution >= 0.6 is 0 Å². The number of nitrogens with one attached hydrogen (secondary N) is 1. The number of esters is 1. The molecule has 1 amide bonds. The van der Waals surface area contributed by atoms with E-state index in [-0.39, 0.29) is 24.9 Å². The lowest BCUT2D eigenvalue weighted by Gasteiger charge is -2.24. The van der Waals surface area contributed by atoms with Crippen molar-refractivity contribution in [3.8, 4) is 0 Å². The average molecular weight is 915 g/mol. The topological polar surface area (TPSA) is 95.9 Å². The summed E-state index contributed by atoms with van der Waals surface area (Å²) in [6, 6.07) is -0.716. The van der Waals surface area contributed by atoms with E-state index in [1.807, 2.05) is 0 Å². The van der Waals surface area contributed by atoms with Crippen molar-refractivity contribution in [3.05, 3.63) is 36.5 Å². The highest BCUT2D eigenvalue weighted by molar-refractivity contribution is 5.77. The van der Waals surface area contributed by atoms with E-state index in [1.165, 1.54) is 193 Å². The number of ether oxygens (including phenoxy) is 1. The zero-order chi connectivity index (χ0) is 47.4. The van der Waals surface area contributed by atoms with Crippen molar-refractivity contribution in [2.45, 2.75) is 322 Å². The normalized spacial score (nSPS) is 13.4. The second-order valence-electron chi connectivity index (χ2n) is 19.7. The number of carbonyl (C=O) groups is 2. The molecule has 0 aromatic carbocycles. The van der Waals surface area contributed by atoms with Crippen LogP contribution in [-0.2, 0) is 14.3 Å². The minimum absolute atomic E-state index is 0.0442. The van der Waals surface area contributed by atoms with Gasteiger partial charge in [-0.25, -0.2) is 0 Å². The molecule has 0 bridgehead atoms. The first-order chi connectivity index (χ1) is 32.0. The summed E-state index contributed by atoms with van der Waals surface area (Å²) in [5, 5.41) is 23.9. The predicted octanol–water partition coefficient (Wildman–Crippen LogP) is 17.6. The van der Waals surface area contributed by atoms with E-state index in [0.29, 0.717) is 19.3 Å². The maximum Gasteiger partial charge on any atom is 0.306 e. The average Bonchev–Trinajstić information content (AvgIpc) is 3.30. The molecular weight excluding hydrogens is 803 g/mol. The minimum Gasteiger partial charge on any atom is -0.462 e. The highest BCUT2D eigenvalue weighted by Gasteiger charge is 2.24. The van der Waals surface area contributed by atoms with E-state index in [0.717, 1.165) is 64.2 Å². The van der Waals surface area contributed by atoms with E-state index < -0.39 is 18.2 Å². The standard InChI is InChI=1S/C59H111NO5/c1-4-7-10-13-16-19-22-25-28-30-33-36-39-42-45-48-51-57(62)56(54-61)60-58(63)53-55(50-47-44-41-38-35-32-27-24-21-18-15-12-9-6-3)65-59(64)52-49-46-43-40-37-34-31-29-26-23-20-17-14-11-8-5-2/h29,31-32,35,38,41,55-57,61-62H,4-28,30,33-34,36-37,39-40,42-54H2,1-3H3,(H,60,63)/b31-29+,35-32+,41-38+. The van der Waals surface area contributed by atoms with Crippen molar-refractivity contribution >= 4 is 11.9 Å². The van der Waals surface area contributed by atoms with Crippen LogP contribution < -0.4 is 5.32 Å². The number of rotatable bonds is 52. The number of unbranched alkanes of at least 4 members (excludes halogenated alkanes) is 35. The van der Waals surface area contributed by atoms with E-state index in [2.05, 4.69) is 62.5 Å². The van der Waals surface area contributed by atoms with Crippen molar-refractivity contribution in [2.75, 3.05) is 6.61 Å². The molecule has 0 radical (unpaired) electrons. The zero-order valence-corrected chi connectivity index (χ0v) is 43.6. The molecule has 0 fully saturated rings. The van der Waals surface area contributed by atoms with E-state index in [4.69, 9.17) is 4.74 Å². The molecule has 382 valence electrons. The highest BCUT2D eigenvalue weighted by Crippen LogP contribution is 2.18. The summed E-state index contributed by atoms with van der Waals surface area (Å²) in [5.41, 5.74) is 0. The maximum absolute atomic E-state index is 13.2. The monoisotopic (exact) mass is 914 g/mol. The number of hydrogen-bond donors (Lipinski definition) is 3. The molecule has 0 aromatic rings. The van der Waals surface area contributed by atoms with Crippen LogP contribution in [0.1, 0.15) is 303 Å². The summed E-state index contributed by atoms with van der Waals surface area (Å²) in [7, 11) is 0. The maximum atomic E-state index is 13.2. The molecule has 0 aliphatic heterocycles. The Morgan fingerprint density at radius 2 is 0.800 bits per heavy atom. The number of aliphatic hydroxyl groups excluding tert-OH is 2. The predicted molar refractivity (Wildman–Crippen MR) is 282 cm³/mol. The first-order valence-electron chi connectivity index (χ1n) is 28.7. The third kappa shape index (κ3) is 48.3. The Morgan fingerprint density at radius 1 is 0.446 bits per heavy atom. The van der Waals surface area contributed by atoms with Crippen LogP contribution in [0.5, 0.6) is 0 Å². The van der Waals surface area contributed by atoms with Crippen LogP contribution in [0.25, 0.3) is 0 Å². The van der Waals surface area contributed by atoms with Crippen molar-refractivity contribution in [1.82, 2.24) is 5.32 Å². The number of allylic oxidation sites excluding steroid dienone is 6. The molecule has 0 saturated heterocycles. The molecular formula is C59H111NO5. The molecule has 0 saturated carbocycles. The lowest BCUT2D eigenvalue weighted by Crippen LogP contribution is -2.46. The molecule has 0 aliphatic rings. The molecule has 0 spiro atoms. The molecule has 3 N–H and O–H groups in total. The van der Waals surface area contributed by atoms with Crippen LogP contribution in [0.15, 0.2) is 36.5 Å². The van der Waals surface area contributed by atoms with Gasteiger partial charge in [0.25, 0.3) is 0 Å². The molecule has 6 heteroatoms. The molecule has 0 aliphatic carbocycles. The van der Waals surface area contributed by atoms with Crippen molar-refractivity contribution in [2.24, 2.45) is 0 Å². The molecule has 6 nitrogen and oxygen atoms in total. The third-order valence-electron chi connectivity index (χ3n) is 13.2. The molecule has 3 atom stereocenters. The Kier molecular flexibility index (Phi) is 51.5. The first kappa shape index (κ1) is 63.1. The SMILES string of the molecule is CCCCCCCCC/C=C/C=C/CCCC(CC(=O)NC(CO)C(O)CCCCCCCCCCCCCCCCCC)OC(=O)CCCCCCC/C=C/CCCCCCCCC. The smallest absolute Gasteiger partial charge is 0.306 e. The van der Waals surface area contributed by atoms with Gasteiger partial charge in [-0.05, 0) is 70.6 Å². The van der Waals surface area contributed by atoms with Crippen molar-refractivity contribution in [3.63, 3.8) is 0 Å². The molecule has 0 aromatic heterocycles. The van der Waals surface area contributed by atoms with Crippen LogP contribution in [-0.4, -0.2) is 46.9 Å². The largest absolute Gasteiger partial charge is 0.462 e. The van der Waals surface area contributed by atoms with Gasteiger partial charge in [-0.1, -0.05) is 256 Å². The van der Waals surface area contributed by atoms with E-state index >= 15 is 0 Å². The van der Waals surface area contributed by atoms with E-state index in [9.17, 15) is 19.8 Å². The van der Waals surface area contributed by atoms with Crippen LogP contribution in [0.4, 0.5) is 0 Å². The Labute approximate surface area is 404 Å². The number of aliphatic hydroxyl groups is 2. The molecule has 0 heterocycles. The van der Waals surface area contributed by atoms with E-state index in [1.54, 1.807) is 0 Å². The number of hydrogen-bond acceptors (Lipinski definition) is 5. The minimum atomic E-state index is -0.800. The van der Waals surface area contributed by atoms with Crippen molar-refractivity contribution in [1.29, 1.82) is 0 Å². The van der Waals surface area contributed by atoms with Gasteiger partial charge in [-0.3, -0.25) is 9.59 Å². The van der Waals surface area contributed by atoms with Gasteiger partial charge in [0.05, 0.1) is 25.2 Å². The molecule has 0 rings (SSSR count). The fraction of sp³-hybridized carbons (Fsp3) is 0.864. The third-order valence-corrected chi connectivity index (χ3v) is 13.2. The first-order valence-corrected chi connectivity index (χ1v) is 28.7. The number of carbonyl (C=O) groups excluding carboxylic acids is 2. The second-order valence-corrected chi connectivity index (χ2v) is 19.7. The second kappa shape index (κ2) is 53.0. The highest BCUT2D eigenvalue weighted by atomic mass is 16.5. The Morgan fingerprint density at radius 3 is 1.22 bits per heavy atom. The van der Waals surface area contributed by atoms with Crippen LogP contribution in [0.2, 0.25) is 0 Å². The summed E-state index contributed by atoms with van der Waals surface area (Å²) in [6.45, 7) is 6.49. The number of amides is 1. The van der Waals surface area contributed by atoms with Gasteiger partial charge in [0.1, 0.15) is 6.10 Å². The zero-order valence-electron chi connectivity index (χ0n) is 43.6.